The molecule has 0 bridgehead atoms. The first-order valence-electron chi connectivity index (χ1n) is 7.92. The maximum absolute atomic E-state index is 13.1. The Morgan fingerprint density at radius 1 is 1.08 bits per heavy atom. The van der Waals surface area contributed by atoms with Crippen LogP contribution in [0.25, 0.3) is 0 Å². The number of amides is 2. The molecular weight excluding hydrogens is 307 g/mol. The van der Waals surface area contributed by atoms with Gasteiger partial charge >= 0.3 is 0 Å². The predicted molar refractivity (Wildman–Crippen MR) is 90.4 cm³/mol. The van der Waals surface area contributed by atoms with E-state index >= 15 is 0 Å². The predicted octanol–water partition coefficient (Wildman–Crippen LogP) is 3.01. The van der Waals surface area contributed by atoms with E-state index in [-0.39, 0.29) is 17.6 Å². The van der Waals surface area contributed by atoms with Gasteiger partial charge in [-0.25, -0.2) is 4.39 Å². The summed E-state index contributed by atoms with van der Waals surface area (Å²) in [5, 5.41) is 0. The van der Waals surface area contributed by atoms with E-state index in [1.807, 2.05) is 25.1 Å². The summed E-state index contributed by atoms with van der Waals surface area (Å²) in [5.41, 5.74) is 2.16. The number of hydrogen-bond acceptors (Lipinski definition) is 2. The number of aryl methyl sites for hydroxylation is 1. The van der Waals surface area contributed by atoms with E-state index in [2.05, 4.69) is 0 Å². The summed E-state index contributed by atoms with van der Waals surface area (Å²) in [6.45, 7) is 4.45. The van der Waals surface area contributed by atoms with Gasteiger partial charge in [-0.3, -0.25) is 9.59 Å². The molecule has 0 aromatic heterocycles. The molecule has 3 rings (SSSR count). The number of nitrogens with zero attached hydrogens (tertiary/aromatic N) is 2. The molecule has 0 N–H and O–H groups in total. The largest absolute Gasteiger partial charge is 0.325 e. The fraction of sp³-hybridized carbons (Fsp3) is 0.263. The van der Waals surface area contributed by atoms with Crippen molar-refractivity contribution in [1.29, 1.82) is 0 Å². The van der Waals surface area contributed by atoms with Crippen LogP contribution in [0.2, 0.25) is 0 Å². The Morgan fingerprint density at radius 3 is 2.42 bits per heavy atom. The zero-order chi connectivity index (χ0) is 17.3. The van der Waals surface area contributed by atoms with Gasteiger partial charge in [0, 0.05) is 24.3 Å². The first-order valence-corrected chi connectivity index (χ1v) is 7.92. The van der Waals surface area contributed by atoms with Crippen molar-refractivity contribution in [3.63, 3.8) is 0 Å². The van der Waals surface area contributed by atoms with Crippen molar-refractivity contribution in [1.82, 2.24) is 4.90 Å². The minimum absolute atomic E-state index is 0.132. The SMILES string of the molecule is Cc1ccccc1C(=O)N1CCN(c2ccc(F)cc2)C(=O)[C@@H]1C. The summed E-state index contributed by atoms with van der Waals surface area (Å²) in [6, 6.07) is 12.6. The van der Waals surface area contributed by atoms with Crippen LogP contribution in [0.4, 0.5) is 10.1 Å². The molecule has 0 unspecified atom stereocenters. The molecule has 1 heterocycles. The van der Waals surface area contributed by atoms with Crippen LogP contribution in [0.3, 0.4) is 0 Å². The van der Waals surface area contributed by atoms with E-state index in [4.69, 9.17) is 0 Å². The van der Waals surface area contributed by atoms with Crippen molar-refractivity contribution < 1.29 is 14.0 Å². The Balaban J connectivity index is 1.81. The fourth-order valence-corrected chi connectivity index (χ4v) is 2.99. The Kier molecular flexibility index (Phi) is 4.34. The van der Waals surface area contributed by atoms with Crippen LogP contribution in [-0.2, 0) is 4.79 Å². The molecule has 2 amide bonds. The minimum atomic E-state index is -0.559. The van der Waals surface area contributed by atoms with Crippen molar-refractivity contribution in [2.24, 2.45) is 0 Å². The van der Waals surface area contributed by atoms with Gasteiger partial charge in [0.05, 0.1) is 0 Å². The molecule has 2 aromatic carbocycles. The van der Waals surface area contributed by atoms with Crippen LogP contribution >= 0.6 is 0 Å². The van der Waals surface area contributed by atoms with E-state index in [0.29, 0.717) is 24.3 Å². The lowest BCUT2D eigenvalue weighted by Crippen LogP contribution is -2.57. The van der Waals surface area contributed by atoms with Crippen LogP contribution in [0.1, 0.15) is 22.8 Å². The highest BCUT2D eigenvalue weighted by atomic mass is 19.1. The quantitative estimate of drug-likeness (QED) is 0.851. The van der Waals surface area contributed by atoms with E-state index in [9.17, 15) is 14.0 Å². The number of halogens is 1. The van der Waals surface area contributed by atoms with Gasteiger partial charge < -0.3 is 9.80 Å². The Bertz CT molecular complexity index is 773. The molecule has 124 valence electrons. The van der Waals surface area contributed by atoms with Crippen molar-refractivity contribution in [2.75, 3.05) is 18.0 Å². The summed E-state index contributed by atoms with van der Waals surface area (Å²) in [7, 11) is 0. The lowest BCUT2D eigenvalue weighted by atomic mass is 10.0. The van der Waals surface area contributed by atoms with E-state index in [1.165, 1.54) is 12.1 Å². The summed E-state index contributed by atoms with van der Waals surface area (Å²) >= 11 is 0. The molecule has 1 saturated heterocycles. The third kappa shape index (κ3) is 2.89. The number of benzene rings is 2. The third-order valence-electron chi connectivity index (χ3n) is 4.43. The third-order valence-corrected chi connectivity index (χ3v) is 4.43. The van der Waals surface area contributed by atoms with Gasteiger partial charge in [-0.2, -0.15) is 0 Å². The highest BCUT2D eigenvalue weighted by molar-refractivity contribution is 6.03. The molecule has 5 heteroatoms. The average Bonchev–Trinajstić information content (AvgIpc) is 2.58. The smallest absolute Gasteiger partial charge is 0.254 e. The Morgan fingerprint density at radius 2 is 1.75 bits per heavy atom. The molecule has 0 radical (unpaired) electrons. The van der Waals surface area contributed by atoms with E-state index < -0.39 is 6.04 Å². The van der Waals surface area contributed by atoms with Crippen LogP contribution in [0.5, 0.6) is 0 Å². The monoisotopic (exact) mass is 326 g/mol. The number of carbonyl (C=O) groups is 2. The number of hydrogen-bond donors (Lipinski definition) is 0. The molecule has 0 aliphatic carbocycles. The molecule has 4 nitrogen and oxygen atoms in total. The van der Waals surface area contributed by atoms with Gasteiger partial charge in [0.25, 0.3) is 5.91 Å². The molecule has 1 aliphatic rings. The van der Waals surface area contributed by atoms with Gasteiger partial charge in [-0.05, 0) is 49.7 Å². The molecular formula is C19H19FN2O2. The second-order valence-electron chi connectivity index (χ2n) is 5.96. The molecule has 2 aromatic rings. The summed E-state index contributed by atoms with van der Waals surface area (Å²) in [5.74, 6) is -0.630. The molecule has 1 fully saturated rings. The standard InChI is InChI=1S/C19H19FN2O2/c1-13-5-3-4-6-17(13)19(24)21-11-12-22(18(23)14(21)2)16-9-7-15(20)8-10-16/h3-10,14H,11-12H2,1-2H3/t14-/m0/s1. The highest BCUT2D eigenvalue weighted by Gasteiger charge is 2.35. The van der Waals surface area contributed by atoms with Crippen LogP contribution in [0.15, 0.2) is 48.5 Å². The van der Waals surface area contributed by atoms with Crippen molar-refractivity contribution in [2.45, 2.75) is 19.9 Å². The topological polar surface area (TPSA) is 40.6 Å². The van der Waals surface area contributed by atoms with Gasteiger partial charge in [0.15, 0.2) is 0 Å². The minimum Gasteiger partial charge on any atom is -0.325 e. The van der Waals surface area contributed by atoms with Gasteiger partial charge in [-0.15, -0.1) is 0 Å². The maximum Gasteiger partial charge on any atom is 0.254 e. The fourth-order valence-electron chi connectivity index (χ4n) is 2.99. The van der Waals surface area contributed by atoms with Crippen LogP contribution in [0, 0.1) is 12.7 Å². The Hall–Kier alpha value is -2.69. The number of anilines is 1. The first-order chi connectivity index (χ1) is 11.5. The summed E-state index contributed by atoms with van der Waals surface area (Å²) in [4.78, 5) is 28.7. The first kappa shape index (κ1) is 16.2. The second kappa shape index (κ2) is 6.43. The zero-order valence-corrected chi connectivity index (χ0v) is 13.7. The molecule has 1 aliphatic heterocycles. The summed E-state index contributed by atoms with van der Waals surface area (Å²) in [6.07, 6.45) is 0. The number of piperazine rings is 1. The maximum atomic E-state index is 13.1. The number of carbonyl (C=O) groups excluding carboxylic acids is 2. The van der Waals surface area contributed by atoms with Gasteiger partial charge in [0.1, 0.15) is 11.9 Å². The van der Waals surface area contributed by atoms with E-state index in [0.717, 1.165) is 5.56 Å². The Labute approximate surface area is 140 Å². The van der Waals surface area contributed by atoms with Crippen molar-refractivity contribution >= 4 is 17.5 Å². The molecule has 0 spiro atoms. The lowest BCUT2D eigenvalue weighted by Gasteiger charge is -2.39. The van der Waals surface area contributed by atoms with Crippen LogP contribution in [-0.4, -0.2) is 35.8 Å². The second-order valence-corrected chi connectivity index (χ2v) is 5.96. The summed E-state index contributed by atoms with van der Waals surface area (Å²) < 4.78 is 13.1. The van der Waals surface area contributed by atoms with E-state index in [1.54, 1.807) is 34.9 Å². The highest BCUT2D eigenvalue weighted by Crippen LogP contribution is 2.22. The number of rotatable bonds is 2. The van der Waals surface area contributed by atoms with Crippen molar-refractivity contribution in [3.05, 3.63) is 65.5 Å². The van der Waals surface area contributed by atoms with Crippen molar-refractivity contribution in [3.8, 4) is 0 Å². The molecule has 1 atom stereocenters. The van der Waals surface area contributed by atoms with Crippen LogP contribution < -0.4 is 4.90 Å². The normalized spacial score (nSPS) is 18.0. The average molecular weight is 326 g/mol. The lowest BCUT2D eigenvalue weighted by molar-refractivity contribution is -0.124. The van der Waals surface area contributed by atoms with Gasteiger partial charge in [-0.1, -0.05) is 18.2 Å². The molecule has 0 saturated carbocycles. The molecule has 24 heavy (non-hydrogen) atoms. The van der Waals surface area contributed by atoms with Gasteiger partial charge in [0.2, 0.25) is 5.91 Å². The zero-order valence-electron chi connectivity index (χ0n) is 13.7.